The third kappa shape index (κ3) is 3.58. The van der Waals surface area contributed by atoms with Crippen LogP contribution in [0, 0.1) is 6.92 Å². The summed E-state index contributed by atoms with van der Waals surface area (Å²) in [6, 6.07) is 5.65. The molecule has 6 nitrogen and oxygen atoms in total. The van der Waals surface area contributed by atoms with Crippen LogP contribution in [0.2, 0.25) is 5.15 Å². The Balaban J connectivity index is 2.12. The number of thioether (sulfide) groups is 1. The monoisotopic (exact) mass is 410 g/mol. The van der Waals surface area contributed by atoms with Gasteiger partial charge in [-0.2, -0.15) is 0 Å². The van der Waals surface area contributed by atoms with Gasteiger partial charge in [-0.3, -0.25) is 4.79 Å². The number of hydrogen-bond acceptors (Lipinski definition) is 7. The van der Waals surface area contributed by atoms with Crippen LogP contribution in [0.4, 0.5) is 0 Å². The molecule has 0 spiro atoms. The van der Waals surface area contributed by atoms with Crippen LogP contribution >= 0.6 is 34.7 Å². The van der Waals surface area contributed by atoms with Crippen LogP contribution in [0.3, 0.4) is 0 Å². The Hall–Kier alpha value is -2.03. The Bertz CT molecular complexity index is 991. The summed E-state index contributed by atoms with van der Waals surface area (Å²) >= 11 is 8.95. The Kier molecular flexibility index (Phi) is 5.55. The Morgan fingerprint density at radius 3 is 2.65 bits per heavy atom. The average molecular weight is 411 g/mol. The molecule has 0 aliphatic carbocycles. The SMILES string of the molecule is COc1ccc(-c2c(C)sc3nc(SCC(=O)O)nc(Cl)c23)cc1OC. The molecule has 0 saturated heterocycles. The molecule has 0 atom stereocenters. The van der Waals surface area contributed by atoms with E-state index in [2.05, 4.69) is 9.97 Å². The quantitative estimate of drug-likeness (QED) is 0.363. The molecule has 0 saturated carbocycles. The van der Waals surface area contributed by atoms with E-state index in [1.807, 2.05) is 25.1 Å². The number of rotatable bonds is 6. The van der Waals surface area contributed by atoms with Crippen LogP contribution in [0.15, 0.2) is 23.4 Å². The zero-order valence-corrected chi connectivity index (χ0v) is 16.6. The number of aromatic nitrogens is 2. The molecule has 2 aromatic heterocycles. The molecule has 0 radical (unpaired) electrons. The van der Waals surface area contributed by atoms with Gasteiger partial charge in [-0.1, -0.05) is 29.4 Å². The maximum Gasteiger partial charge on any atom is 0.313 e. The molecule has 0 aliphatic rings. The fraction of sp³-hybridized carbons (Fsp3) is 0.235. The van der Waals surface area contributed by atoms with Gasteiger partial charge in [0.15, 0.2) is 16.7 Å². The number of ether oxygens (including phenoxy) is 2. The Morgan fingerprint density at radius 1 is 1.27 bits per heavy atom. The van der Waals surface area contributed by atoms with E-state index >= 15 is 0 Å². The second-order valence-corrected chi connectivity index (χ2v) is 7.77. The highest BCUT2D eigenvalue weighted by Gasteiger charge is 2.19. The summed E-state index contributed by atoms with van der Waals surface area (Å²) in [5, 5.41) is 10.2. The highest BCUT2D eigenvalue weighted by atomic mass is 35.5. The van der Waals surface area contributed by atoms with Gasteiger partial charge < -0.3 is 14.6 Å². The van der Waals surface area contributed by atoms with Gasteiger partial charge in [0.2, 0.25) is 0 Å². The highest BCUT2D eigenvalue weighted by molar-refractivity contribution is 7.99. The minimum atomic E-state index is -0.928. The van der Waals surface area contributed by atoms with E-state index in [-0.39, 0.29) is 5.75 Å². The normalized spacial score (nSPS) is 10.9. The number of benzene rings is 1. The van der Waals surface area contributed by atoms with Crippen molar-refractivity contribution in [2.45, 2.75) is 12.1 Å². The number of aryl methyl sites for hydroxylation is 1. The first-order valence-electron chi connectivity index (χ1n) is 7.48. The number of nitrogens with zero attached hydrogens (tertiary/aromatic N) is 2. The van der Waals surface area contributed by atoms with Crippen LogP contribution in [0.5, 0.6) is 11.5 Å². The van der Waals surface area contributed by atoms with Crippen molar-refractivity contribution in [2.24, 2.45) is 0 Å². The topological polar surface area (TPSA) is 81.5 Å². The van der Waals surface area contributed by atoms with Gasteiger partial charge in [0.1, 0.15) is 9.98 Å². The minimum absolute atomic E-state index is 0.116. The largest absolute Gasteiger partial charge is 0.493 e. The number of carboxylic acids is 1. The summed E-state index contributed by atoms with van der Waals surface area (Å²) in [6.07, 6.45) is 0. The van der Waals surface area contributed by atoms with Gasteiger partial charge in [0.05, 0.1) is 25.4 Å². The van der Waals surface area contributed by atoms with E-state index in [1.165, 1.54) is 11.3 Å². The van der Waals surface area contributed by atoms with E-state index in [0.29, 0.717) is 21.8 Å². The van der Waals surface area contributed by atoms with Crippen molar-refractivity contribution >= 4 is 50.9 Å². The third-order valence-corrected chi connectivity index (χ3v) is 5.76. The summed E-state index contributed by atoms with van der Waals surface area (Å²) in [6.45, 7) is 1.98. The Labute approximate surface area is 163 Å². The molecule has 1 N–H and O–H groups in total. The van der Waals surface area contributed by atoms with Crippen LogP contribution in [0.1, 0.15) is 4.88 Å². The molecule has 26 heavy (non-hydrogen) atoms. The highest BCUT2D eigenvalue weighted by Crippen LogP contribution is 2.43. The van der Waals surface area contributed by atoms with Crippen molar-refractivity contribution in [2.75, 3.05) is 20.0 Å². The first kappa shape index (κ1) is 18.8. The molecule has 0 unspecified atom stereocenters. The number of carbonyl (C=O) groups is 1. The molecular weight excluding hydrogens is 396 g/mol. The van der Waals surface area contributed by atoms with Crippen molar-refractivity contribution < 1.29 is 19.4 Å². The lowest BCUT2D eigenvalue weighted by Gasteiger charge is -2.10. The predicted molar refractivity (Wildman–Crippen MR) is 104 cm³/mol. The van der Waals surface area contributed by atoms with Crippen LogP contribution in [-0.4, -0.2) is 41.0 Å². The first-order valence-corrected chi connectivity index (χ1v) is 9.66. The summed E-state index contributed by atoms with van der Waals surface area (Å²) in [5.74, 6) is 0.218. The van der Waals surface area contributed by atoms with Crippen LogP contribution in [-0.2, 0) is 4.79 Å². The lowest BCUT2D eigenvalue weighted by atomic mass is 10.0. The molecule has 0 amide bonds. The van der Waals surface area contributed by atoms with Crippen molar-refractivity contribution in [3.63, 3.8) is 0 Å². The lowest BCUT2D eigenvalue weighted by Crippen LogP contribution is -1.99. The van der Waals surface area contributed by atoms with E-state index < -0.39 is 5.97 Å². The maximum absolute atomic E-state index is 10.7. The van der Waals surface area contributed by atoms with Crippen molar-refractivity contribution in [3.05, 3.63) is 28.2 Å². The molecule has 9 heteroatoms. The number of aliphatic carboxylic acids is 1. The molecule has 0 fully saturated rings. The van der Waals surface area contributed by atoms with Gasteiger partial charge in [-0.25, -0.2) is 9.97 Å². The Morgan fingerprint density at radius 2 is 2.00 bits per heavy atom. The number of hydrogen-bond donors (Lipinski definition) is 1. The molecule has 3 aromatic rings. The van der Waals surface area contributed by atoms with E-state index in [1.54, 1.807) is 14.2 Å². The maximum atomic E-state index is 10.7. The zero-order valence-electron chi connectivity index (χ0n) is 14.2. The molecule has 0 aliphatic heterocycles. The van der Waals surface area contributed by atoms with E-state index in [4.69, 9.17) is 26.2 Å². The van der Waals surface area contributed by atoms with Gasteiger partial charge in [-0.05, 0) is 24.6 Å². The van der Waals surface area contributed by atoms with E-state index in [9.17, 15) is 4.79 Å². The van der Waals surface area contributed by atoms with Gasteiger partial charge in [0, 0.05) is 10.4 Å². The van der Waals surface area contributed by atoms with Gasteiger partial charge in [0.25, 0.3) is 0 Å². The molecule has 2 heterocycles. The lowest BCUT2D eigenvalue weighted by molar-refractivity contribution is -0.133. The average Bonchev–Trinajstić information content (AvgIpc) is 2.95. The van der Waals surface area contributed by atoms with Crippen molar-refractivity contribution in [1.29, 1.82) is 0 Å². The van der Waals surface area contributed by atoms with Crippen molar-refractivity contribution in [3.8, 4) is 22.6 Å². The second-order valence-electron chi connectivity index (χ2n) is 5.26. The summed E-state index contributed by atoms with van der Waals surface area (Å²) in [7, 11) is 3.17. The first-order chi connectivity index (χ1) is 12.4. The van der Waals surface area contributed by atoms with Gasteiger partial charge >= 0.3 is 5.97 Å². The number of carboxylic acid groups (broad SMARTS) is 1. The molecule has 136 valence electrons. The van der Waals surface area contributed by atoms with E-state index in [0.717, 1.165) is 38.0 Å². The number of thiophene rings is 1. The molecule has 0 bridgehead atoms. The smallest absolute Gasteiger partial charge is 0.313 e. The van der Waals surface area contributed by atoms with Crippen LogP contribution < -0.4 is 9.47 Å². The molecule has 1 aromatic carbocycles. The predicted octanol–water partition coefficient (Wildman–Crippen LogP) is 4.51. The second kappa shape index (κ2) is 7.69. The summed E-state index contributed by atoms with van der Waals surface area (Å²) in [5.41, 5.74) is 1.86. The third-order valence-electron chi connectivity index (χ3n) is 3.66. The standard InChI is InChI=1S/C17H15ClN2O4S2/c1-8-13(9-4-5-10(23-2)11(6-9)24-3)14-15(18)19-17(20-16(14)26-8)25-7-12(21)22/h4-6H,7H2,1-3H3,(H,21,22). The number of fused-ring (bicyclic) bond motifs is 1. The minimum Gasteiger partial charge on any atom is -0.493 e. The van der Waals surface area contributed by atoms with Gasteiger partial charge in [-0.15, -0.1) is 11.3 Å². The zero-order chi connectivity index (χ0) is 18.8. The molecular formula is C17H15ClN2O4S2. The summed E-state index contributed by atoms with van der Waals surface area (Å²) < 4.78 is 10.7. The number of halogens is 1. The van der Waals surface area contributed by atoms with Crippen molar-refractivity contribution in [1.82, 2.24) is 9.97 Å². The molecule has 3 rings (SSSR count). The van der Waals surface area contributed by atoms with Crippen LogP contribution in [0.25, 0.3) is 21.3 Å². The fourth-order valence-electron chi connectivity index (χ4n) is 2.58. The fourth-order valence-corrected chi connectivity index (χ4v) is 4.62. The number of methoxy groups -OCH3 is 2. The summed E-state index contributed by atoms with van der Waals surface area (Å²) in [4.78, 5) is 21.2.